The number of benzene rings is 2. The first-order chi connectivity index (χ1) is 16.1. The van der Waals surface area contributed by atoms with Crippen molar-refractivity contribution in [3.8, 4) is 12.1 Å². The van der Waals surface area contributed by atoms with E-state index < -0.39 is 22.8 Å². The lowest BCUT2D eigenvalue weighted by Crippen LogP contribution is -2.45. The van der Waals surface area contributed by atoms with Crippen LogP contribution in [0.15, 0.2) is 60.2 Å². The van der Waals surface area contributed by atoms with Crippen molar-refractivity contribution in [3.63, 3.8) is 0 Å². The van der Waals surface area contributed by atoms with Crippen LogP contribution in [0.2, 0.25) is 10.0 Å². The van der Waals surface area contributed by atoms with Crippen molar-refractivity contribution in [2.45, 2.75) is 18.8 Å². The van der Waals surface area contributed by atoms with E-state index in [0.29, 0.717) is 11.1 Å². The van der Waals surface area contributed by atoms with Crippen molar-refractivity contribution in [2.75, 3.05) is 14.2 Å². The lowest BCUT2D eigenvalue weighted by Gasteiger charge is -2.40. The number of hydrogen-bond donors (Lipinski definition) is 0. The van der Waals surface area contributed by atoms with E-state index >= 15 is 0 Å². The second-order valence-corrected chi connectivity index (χ2v) is 8.68. The molecular formula is C26H20Cl2N2O4. The molecule has 8 heteroatoms. The van der Waals surface area contributed by atoms with Gasteiger partial charge in [0.25, 0.3) is 0 Å². The molecule has 0 bridgehead atoms. The minimum absolute atomic E-state index is 0.0746. The molecule has 0 fully saturated rings. The Morgan fingerprint density at radius 3 is 2.12 bits per heavy atom. The van der Waals surface area contributed by atoms with Crippen molar-refractivity contribution >= 4 is 40.7 Å². The van der Waals surface area contributed by atoms with E-state index in [4.69, 9.17) is 32.7 Å². The Hall–Kier alpha value is -3.58. The zero-order valence-corrected chi connectivity index (χ0v) is 20.3. The summed E-state index contributed by atoms with van der Waals surface area (Å²) in [5, 5.41) is 21.6. The average Bonchev–Trinajstić information content (AvgIpc) is 3.16. The normalized spacial score (nSPS) is 18.6. The highest BCUT2D eigenvalue weighted by Gasteiger charge is 2.65. The molecule has 0 saturated heterocycles. The molecule has 172 valence electrons. The first-order valence-electron chi connectivity index (χ1n) is 10.1. The lowest BCUT2D eigenvalue weighted by atomic mass is 9.56. The molecule has 0 aliphatic heterocycles. The maximum atomic E-state index is 13.0. The van der Waals surface area contributed by atoms with Crippen LogP contribution in [0.5, 0.6) is 0 Å². The van der Waals surface area contributed by atoms with Gasteiger partial charge in [0.1, 0.15) is 0 Å². The van der Waals surface area contributed by atoms with Crippen molar-refractivity contribution in [3.05, 3.63) is 86.9 Å². The summed E-state index contributed by atoms with van der Waals surface area (Å²) in [5.41, 5.74) is -2.03. The average molecular weight is 495 g/mol. The molecule has 3 rings (SSSR count). The SMILES string of the molecule is C=C(C(=O)OC)[C@@]1(c2ccc(Cl)c(Cl)c2)CC(C(=O)OC)=C(c2ccc(C)cc2)C1(C#N)C#N. The quantitative estimate of drug-likeness (QED) is 0.411. The molecule has 0 radical (unpaired) electrons. The first kappa shape index (κ1) is 25.1. The van der Waals surface area contributed by atoms with E-state index in [9.17, 15) is 20.1 Å². The van der Waals surface area contributed by atoms with Gasteiger partial charge in [0, 0.05) is 16.7 Å². The molecular weight excluding hydrogens is 475 g/mol. The summed E-state index contributed by atoms with van der Waals surface area (Å²) in [4.78, 5) is 25.8. The summed E-state index contributed by atoms with van der Waals surface area (Å²) in [7, 11) is 2.37. The van der Waals surface area contributed by atoms with Crippen LogP contribution < -0.4 is 0 Å². The van der Waals surface area contributed by atoms with Gasteiger partial charge < -0.3 is 9.47 Å². The highest BCUT2D eigenvalue weighted by molar-refractivity contribution is 6.42. The molecule has 0 N–H and O–H groups in total. The number of carbonyl (C=O) groups is 2. The number of nitrogens with zero attached hydrogens (tertiary/aromatic N) is 2. The van der Waals surface area contributed by atoms with Crippen LogP contribution in [-0.2, 0) is 24.5 Å². The van der Waals surface area contributed by atoms with Gasteiger partial charge in [-0.3, -0.25) is 0 Å². The highest BCUT2D eigenvalue weighted by Crippen LogP contribution is 2.63. The second kappa shape index (κ2) is 9.35. The molecule has 0 amide bonds. The first-order valence-corrected chi connectivity index (χ1v) is 10.8. The molecule has 0 unspecified atom stereocenters. The summed E-state index contributed by atoms with van der Waals surface area (Å²) in [6.07, 6.45) is -0.226. The molecule has 0 spiro atoms. The predicted molar refractivity (Wildman–Crippen MR) is 128 cm³/mol. The van der Waals surface area contributed by atoms with Crippen LogP contribution in [-0.4, -0.2) is 26.2 Å². The fourth-order valence-electron chi connectivity index (χ4n) is 4.55. The van der Waals surface area contributed by atoms with E-state index in [1.807, 2.05) is 6.92 Å². The zero-order chi connectivity index (χ0) is 25.3. The third kappa shape index (κ3) is 3.56. The van der Waals surface area contributed by atoms with Gasteiger partial charge in [0.2, 0.25) is 0 Å². The van der Waals surface area contributed by atoms with E-state index in [2.05, 4.69) is 18.7 Å². The van der Waals surface area contributed by atoms with Crippen LogP contribution >= 0.6 is 23.2 Å². The topological polar surface area (TPSA) is 100 Å². The zero-order valence-electron chi connectivity index (χ0n) is 18.7. The number of allylic oxidation sites excluding steroid dienone is 1. The smallest absolute Gasteiger partial charge is 0.334 e. The molecule has 1 aliphatic rings. The number of halogens is 2. The second-order valence-electron chi connectivity index (χ2n) is 7.87. The van der Waals surface area contributed by atoms with E-state index in [0.717, 1.165) is 5.56 Å². The predicted octanol–water partition coefficient (Wildman–Crippen LogP) is 5.33. The number of esters is 2. The minimum atomic E-state index is -2.06. The van der Waals surface area contributed by atoms with Gasteiger partial charge in [0.05, 0.1) is 41.8 Å². The van der Waals surface area contributed by atoms with E-state index in [1.165, 1.54) is 26.4 Å². The van der Waals surface area contributed by atoms with Crippen LogP contribution in [0.3, 0.4) is 0 Å². The Labute approximate surface area is 207 Å². The summed E-state index contributed by atoms with van der Waals surface area (Å²) in [6.45, 7) is 5.81. The number of ether oxygens (including phenoxy) is 2. The van der Waals surface area contributed by atoms with Gasteiger partial charge in [-0.25, -0.2) is 9.59 Å². The summed E-state index contributed by atoms with van der Waals surface area (Å²) in [5.74, 6) is -1.57. The van der Waals surface area contributed by atoms with Gasteiger partial charge in [-0.2, -0.15) is 10.5 Å². The number of nitriles is 2. The van der Waals surface area contributed by atoms with Gasteiger partial charge in [-0.1, -0.05) is 65.7 Å². The summed E-state index contributed by atoms with van der Waals surface area (Å²) in [6, 6.07) is 15.8. The Morgan fingerprint density at radius 1 is 1.00 bits per heavy atom. The molecule has 0 saturated carbocycles. The monoisotopic (exact) mass is 494 g/mol. The Morgan fingerprint density at radius 2 is 1.62 bits per heavy atom. The maximum Gasteiger partial charge on any atom is 0.334 e. The van der Waals surface area contributed by atoms with Gasteiger partial charge in [0.15, 0.2) is 5.41 Å². The Kier molecular flexibility index (Phi) is 6.89. The molecule has 2 aromatic carbocycles. The highest BCUT2D eigenvalue weighted by atomic mass is 35.5. The van der Waals surface area contributed by atoms with Crippen molar-refractivity contribution in [1.82, 2.24) is 0 Å². The van der Waals surface area contributed by atoms with Crippen molar-refractivity contribution in [2.24, 2.45) is 5.41 Å². The minimum Gasteiger partial charge on any atom is -0.466 e. The molecule has 0 aromatic heterocycles. The Balaban J connectivity index is 2.51. The largest absolute Gasteiger partial charge is 0.466 e. The number of methoxy groups -OCH3 is 2. The van der Waals surface area contributed by atoms with Crippen LogP contribution in [0.1, 0.15) is 23.1 Å². The molecule has 0 heterocycles. The van der Waals surface area contributed by atoms with Crippen molar-refractivity contribution in [1.29, 1.82) is 10.5 Å². The standard InChI is InChI=1S/C26H20Cl2N2O4/c1-15-5-7-17(8-6-15)22-19(24(32)34-4)12-26(16(2)23(31)33-3,25(22,13-29)14-30)18-9-10-20(27)21(28)11-18/h5-11H,2,12H2,1,3-4H3/t26-/m1/s1. The summed E-state index contributed by atoms with van der Waals surface area (Å²) < 4.78 is 9.96. The van der Waals surface area contributed by atoms with Gasteiger partial charge in [-0.05, 0) is 36.6 Å². The molecule has 6 nitrogen and oxygen atoms in total. The maximum absolute atomic E-state index is 13.0. The third-order valence-electron chi connectivity index (χ3n) is 6.23. The van der Waals surface area contributed by atoms with E-state index in [1.54, 1.807) is 30.3 Å². The van der Waals surface area contributed by atoms with Gasteiger partial charge >= 0.3 is 11.9 Å². The number of aryl methyl sites for hydroxylation is 1. The molecule has 34 heavy (non-hydrogen) atoms. The third-order valence-corrected chi connectivity index (χ3v) is 6.96. The Bertz CT molecular complexity index is 1300. The van der Waals surface area contributed by atoms with Crippen LogP contribution in [0.25, 0.3) is 5.57 Å². The van der Waals surface area contributed by atoms with Crippen LogP contribution in [0.4, 0.5) is 0 Å². The lowest BCUT2D eigenvalue weighted by molar-refractivity contribution is -0.138. The molecule has 1 atom stereocenters. The van der Waals surface area contributed by atoms with E-state index in [-0.39, 0.29) is 33.2 Å². The number of rotatable bonds is 5. The fourth-order valence-corrected chi connectivity index (χ4v) is 4.84. The van der Waals surface area contributed by atoms with Gasteiger partial charge in [-0.15, -0.1) is 0 Å². The van der Waals surface area contributed by atoms with Crippen molar-refractivity contribution < 1.29 is 19.1 Å². The number of hydrogen-bond acceptors (Lipinski definition) is 6. The molecule has 1 aliphatic carbocycles. The summed E-state index contributed by atoms with van der Waals surface area (Å²) >= 11 is 12.4. The number of carbonyl (C=O) groups excluding carboxylic acids is 2. The molecule has 2 aromatic rings. The van der Waals surface area contributed by atoms with Crippen LogP contribution in [0, 0.1) is 35.0 Å². The fraction of sp³-hybridized carbons (Fsp3) is 0.231.